The molecular weight excluding hydrogens is 574 g/mol. The van der Waals surface area contributed by atoms with Crippen molar-refractivity contribution in [2.45, 2.75) is 118 Å². The van der Waals surface area contributed by atoms with E-state index in [9.17, 15) is 9.59 Å². The van der Waals surface area contributed by atoms with Crippen molar-refractivity contribution in [3.63, 3.8) is 0 Å². The maximum Gasteiger partial charge on any atom is 0.319 e. The highest BCUT2D eigenvalue weighted by molar-refractivity contribution is 6.34. The summed E-state index contributed by atoms with van der Waals surface area (Å²) in [5, 5.41) is 14.1. The quantitative estimate of drug-likeness (QED) is 0.148. The summed E-state index contributed by atoms with van der Waals surface area (Å²) in [5.41, 5.74) is 2.56. The highest BCUT2D eigenvalue weighted by atomic mass is 35.5. The molecule has 9 nitrogen and oxygen atoms in total. The minimum Gasteiger partial charge on any atom is -0.340 e. The van der Waals surface area contributed by atoms with Gasteiger partial charge in [0.15, 0.2) is 11.5 Å². The van der Waals surface area contributed by atoms with E-state index in [1.54, 1.807) is 17.6 Å². The molecule has 44 heavy (non-hydrogen) atoms. The van der Waals surface area contributed by atoms with Gasteiger partial charge in [0.25, 0.3) is 0 Å². The topological polar surface area (TPSA) is 107 Å². The molecule has 3 unspecified atom stereocenters. The Morgan fingerprint density at radius 2 is 1.64 bits per heavy atom. The molecule has 3 atom stereocenters. The number of hydrogen-bond donors (Lipinski definition) is 3. The van der Waals surface area contributed by atoms with Crippen molar-refractivity contribution in [2.24, 2.45) is 11.8 Å². The van der Waals surface area contributed by atoms with Crippen LogP contribution >= 0.6 is 11.6 Å². The molecule has 2 heterocycles. The lowest BCUT2D eigenvalue weighted by atomic mass is 9.92. The molecule has 0 radical (unpaired) electrons. The second kappa shape index (κ2) is 16.3. The minimum absolute atomic E-state index is 0.0254. The van der Waals surface area contributed by atoms with Crippen LogP contribution in [0.3, 0.4) is 0 Å². The lowest BCUT2D eigenvalue weighted by Gasteiger charge is -2.32. The molecule has 1 aromatic carbocycles. The molecule has 244 valence electrons. The van der Waals surface area contributed by atoms with Crippen molar-refractivity contribution in [1.82, 2.24) is 30.0 Å². The zero-order chi connectivity index (χ0) is 32.4. The third kappa shape index (κ3) is 9.46. The first kappa shape index (κ1) is 35.4. The smallest absolute Gasteiger partial charge is 0.319 e. The second-order valence-electron chi connectivity index (χ2n) is 13.2. The molecule has 3 rings (SSSR count). The van der Waals surface area contributed by atoms with Gasteiger partial charge < -0.3 is 15.5 Å². The SMILES string of the molecule is CCCCC(CC)CN(CC(CC)CCCC)C(=O)C(C)NC(=O)Nc1cccc(-c2nc3c(Cl)c(C(C)(C)C)[nH]n3n2)c1. The summed E-state index contributed by atoms with van der Waals surface area (Å²) in [6.45, 7) is 18.3. The van der Waals surface area contributed by atoms with Gasteiger partial charge in [0.2, 0.25) is 5.91 Å². The standard InChI is InChI=1S/C34H54ClN7O2/c1-9-13-16-24(11-3)21-41(22-25(12-4)17-14-10-2)32(43)23(5)36-33(44)37-27-19-15-18-26(20-27)30-38-31-28(35)29(34(6,7)8)39-42(31)40-30/h15,18-20,23-25,39H,9-14,16-17,21-22H2,1-8H3,(H2,36,37,44). The average Bonchev–Trinajstić information content (AvgIpc) is 3.55. The number of nitrogens with zero attached hydrogens (tertiary/aromatic N) is 4. The van der Waals surface area contributed by atoms with Gasteiger partial charge in [-0.05, 0) is 43.7 Å². The first-order valence-corrected chi connectivity index (χ1v) is 16.9. The number of carbonyl (C=O) groups excluding carboxylic acids is 2. The number of anilines is 1. The number of rotatable bonds is 16. The fraction of sp³-hybridized carbons (Fsp3) is 0.647. The van der Waals surface area contributed by atoms with Crippen molar-refractivity contribution >= 4 is 34.9 Å². The molecule has 0 aliphatic heterocycles. The van der Waals surface area contributed by atoms with Gasteiger partial charge in [-0.25, -0.2) is 9.78 Å². The molecule has 3 N–H and O–H groups in total. The number of benzene rings is 1. The number of fused-ring (bicyclic) bond motifs is 1. The minimum atomic E-state index is -0.652. The molecule has 0 aliphatic rings. The molecule has 3 aromatic rings. The summed E-state index contributed by atoms with van der Waals surface area (Å²) < 4.78 is 1.58. The lowest BCUT2D eigenvalue weighted by Crippen LogP contribution is -2.50. The Bertz CT molecular complexity index is 1340. The van der Waals surface area contributed by atoms with Crippen molar-refractivity contribution in [3.8, 4) is 11.4 Å². The summed E-state index contributed by atoms with van der Waals surface area (Å²) in [6.07, 6.45) is 8.94. The van der Waals surface area contributed by atoms with Gasteiger partial charge in [-0.1, -0.05) is 111 Å². The van der Waals surface area contributed by atoms with Gasteiger partial charge in [-0.15, -0.1) is 5.10 Å². The van der Waals surface area contributed by atoms with Crippen LogP contribution in [0.1, 0.15) is 112 Å². The van der Waals surface area contributed by atoms with Crippen LogP contribution in [0.5, 0.6) is 0 Å². The van der Waals surface area contributed by atoms with E-state index in [1.165, 1.54) is 0 Å². The number of unbranched alkanes of at least 4 members (excludes halogenated alkanes) is 2. The lowest BCUT2D eigenvalue weighted by molar-refractivity contribution is -0.134. The maximum atomic E-state index is 13.7. The number of urea groups is 1. The third-order valence-electron chi connectivity index (χ3n) is 8.44. The van der Waals surface area contributed by atoms with Gasteiger partial charge in [0.05, 0.1) is 5.69 Å². The number of carbonyl (C=O) groups is 2. The van der Waals surface area contributed by atoms with E-state index >= 15 is 0 Å². The van der Waals surface area contributed by atoms with Crippen LogP contribution in [0.15, 0.2) is 24.3 Å². The molecule has 0 spiro atoms. The summed E-state index contributed by atoms with van der Waals surface area (Å²) in [7, 11) is 0. The number of aromatic amines is 1. The number of amides is 3. The molecule has 0 saturated carbocycles. The Morgan fingerprint density at radius 3 is 2.16 bits per heavy atom. The second-order valence-corrected chi connectivity index (χ2v) is 13.6. The first-order valence-electron chi connectivity index (χ1n) is 16.5. The van der Waals surface area contributed by atoms with E-state index in [0.717, 1.165) is 75.7 Å². The Labute approximate surface area is 268 Å². The molecular formula is C34H54ClN7O2. The first-order chi connectivity index (χ1) is 20.9. The normalized spacial score (nSPS) is 13.9. The summed E-state index contributed by atoms with van der Waals surface area (Å²) in [4.78, 5) is 33.5. The molecule has 10 heteroatoms. The van der Waals surface area contributed by atoms with Crippen molar-refractivity contribution in [2.75, 3.05) is 18.4 Å². The van der Waals surface area contributed by atoms with E-state index in [2.05, 4.69) is 74.3 Å². The van der Waals surface area contributed by atoms with E-state index in [0.29, 0.717) is 34.0 Å². The van der Waals surface area contributed by atoms with E-state index in [4.69, 9.17) is 11.6 Å². The van der Waals surface area contributed by atoms with Gasteiger partial charge in [-0.3, -0.25) is 9.89 Å². The largest absolute Gasteiger partial charge is 0.340 e. The van der Waals surface area contributed by atoms with Crippen LogP contribution in [-0.2, 0) is 10.2 Å². The van der Waals surface area contributed by atoms with Crippen LogP contribution in [0, 0.1) is 11.8 Å². The fourth-order valence-corrected chi connectivity index (χ4v) is 6.01. The Kier molecular flexibility index (Phi) is 13.1. The van der Waals surface area contributed by atoms with E-state index in [1.807, 2.05) is 23.1 Å². The van der Waals surface area contributed by atoms with Crippen LogP contribution in [-0.4, -0.2) is 55.8 Å². The molecule has 0 fully saturated rings. The third-order valence-corrected chi connectivity index (χ3v) is 8.80. The van der Waals surface area contributed by atoms with E-state index < -0.39 is 12.1 Å². The highest BCUT2D eigenvalue weighted by Gasteiger charge is 2.27. The van der Waals surface area contributed by atoms with E-state index in [-0.39, 0.29) is 11.3 Å². The maximum absolute atomic E-state index is 13.7. The predicted molar refractivity (Wildman–Crippen MR) is 181 cm³/mol. The van der Waals surface area contributed by atoms with Crippen molar-refractivity contribution < 1.29 is 9.59 Å². The Morgan fingerprint density at radius 1 is 1.02 bits per heavy atom. The zero-order valence-electron chi connectivity index (χ0n) is 28.1. The molecule has 0 bridgehead atoms. The number of aromatic nitrogens is 4. The number of hydrogen-bond acceptors (Lipinski definition) is 4. The average molecular weight is 628 g/mol. The van der Waals surface area contributed by atoms with Gasteiger partial charge >= 0.3 is 6.03 Å². The predicted octanol–water partition coefficient (Wildman–Crippen LogP) is 8.45. The monoisotopic (exact) mass is 627 g/mol. The van der Waals surface area contributed by atoms with Crippen LogP contribution < -0.4 is 10.6 Å². The molecule has 0 saturated heterocycles. The molecule has 0 aliphatic carbocycles. The van der Waals surface area contributed by atoms with Gasteiger partial charge in [0, 0.05) is 29.8 Å². The number of halogens is 1. The number of H-pyrrole nitrogens is 1. The zero-order valence-corrected chi connectivity index (χ0v) is 28.9. The Balaban J connectivity index is 1.70. The summed E-state index contributed by atoms with van der Waals surface area (Å²) in [6, 6.07) is 6.24. The van der Waals surface area contributed by atoms with Crippen LogP contribution in [0.25, 0.3) is 17.0 Å². The van der Waals surface area contributed by atoms with Crippen molar-refractivity contribution in [1.29, 1.82) is 0 Å². The molecule has 2 aromatic heterocycles. The van der Waals surface area contributed by atoms with Crippen molar-refractivity contribution in [3.05, 3.63) is 35.0 Å². The van der Waals surface area contributed by atoms with Gasteiger partial charge in [-0.2, -0.15) is 4.63 Å². The van der Waals surface area contributed by atoms with Crippen LogP contribution in [0.2, 0.25) is 5.02 Å². The number of nitrogens with one attached hydrogen (secondary N) is 3. The van der Waals surface area contributed by atoms with Crippen LogP contribution in [0.4, 0.5) is 10.5 Å². The summed E-state index contributed by atoms with van der Waals surface area (Å²) >= 11 is 6.60. The fourth-order valence-electron chi connectivity index (χ4n) is 5.57. The van der Waals surface area contributed by atoms with Gasteiger partial charge in [0.1, 0.15) is 11.1 Å². The Hall–Kier alpha value is -3.07. The molecule has 3 amide bonds. The summed E-state index contributed by atoms with van der Waals surface area (Å²) in [5.74, 6) is 1.39. The highest BCUT2D eigenvalue weighted by Crippen LogP contribution is 2.32.